The number of aliphatic hydroxyl groups is 5. The molecular formula is C48H77N5O15. The van der Waals surface area contributed by atoms with E-state index in [1.807, 2.05) is 25.8 Å². The van der Waals surface area contributed by atoms with Crippen LogP contribution in [0.25, 0.3) is 0 Å². The fourth-order valence-electron chi connectivity index (χ4n) is 10.9. The molecule has 3 aliphatic rings. The number of nitro benzene ring substituents is 1. The number of carbonyl (C=O) groups is 2. The number of nitrogens with zero attached hydrogens (tertiary/aromatic N) is 5. The molecule has 0 spiro atoms. The number of ketones is 1. The number of carbonyl (C=O) groups excluding carboxylic acids is 2. The summed E-state index contributed by atoms with van der Waals surface area (Å²) < 4.78 is 38.9. The number of hydrogen-bond acceptors (Lipinski definition) is 18. The molecule has 1 unspecified atom stereocenters. The van der Waals surface area contributed by atoms with Crippen LogP contribution in [0.1, 0.15) is 101 Å². The van der Waals surface area contributed by atoms with Crippen molar-refractivity contribution in [2.24, 2.45) is 29.6 Å². The lowest BCUT2D eigenvalue weighted by molar-refractivity contribution is -0.385. The van der Waals surface area contributed by atoms with Crippen LogP contribution in [0, 0.1) is 39.7 Å². The third-order valence-corrected chi connectivity index (χ3v) is 15.0. The number of likely N-dealkylation sites (N-methyl/N-ethyl adjacent to an activating group) is 1. The molecule has 5 N–H and O–H groups in total. The fraction of sp³-hybridized carbons (Fsp3) is 0.792. The number of para-hydroxylation sites is 2. The lowest BCUT2D eigenvalue weighted by Gasteiger charge is -2.51. The minimum Gasteiger partial charge on any atom is -0.485 e. The third-order valence-electron chi connectivity index (χ3n) is 15.0. The van der Waals surface area contributed by atoms with E-state index in [4.69, 9.17) is 28.4 Å². The maximum Gasteiger partial charge on any atom is 0.310 e. The van der Waals surface area contributed by atoms with Gasteiger partial charge in [0.25, 0.3) is 0 Å². The fourth-order valence-corrected chi connectivity index (χ4v) is 10.9. The molecule has 3 saturated heterocycles. The van der Waals surface area contributed by atoms with Crippen molar-refractivity contribution in [3.05, 3.63) is 46.3 Å². The van der Waals surface area contributed by atoms with E-state index in [0.717, 1.165) is 0 Å². The molecule has 4 heterocycles. The first-order valence-corrected chi connectivity index (χ1v) is 24.0. The molecule has 20 nitrogen and oxygen atoms in total. The maximum atomic E-state index is 14.5. The number of nitro groups is 1. The predicted octanol–water partition coefficient (Wildman–Crippen LogP) is 3.25. The Bertz CT molecular complexity index is 2000. The highest BCUT2D eigenvalue weighted by Crippen LogP contribution is 2.45. The first-order chi connectivity index (χ1) is 31.8. The summed E-state index contributed by atoms with van der Waals surface area (Å²) in [6.07, 6.45) is -6.86. The number of esters is 1. The van der Waals surface area contributed by atoms with Crippen LogP contribution >= 0.6 is 0 Å². The zero-order valence-electron chi connectivity index (χ0n) is 41.8. The van der Waals surface area contributed by atoms with Crippen molar-refractivity contribution in [3.63, 3.8) is 0 Å². The van der Waals surface area contributed by atoms with Gasteiger partial charge in [-0.1, -0.05) is 52.0 Å². The summed E-state index contributed by atoms with van der Waals surface area (Å²) in [6, 6.07) is 5.64. The molecule has 2 aromatic rings. The smallest absolute Gasteiger partial charge is 0.310 e. The summed E-state index contributed by atoms with van der Waals surface area (Å²) in [5.74, 6) is -5.59. The van der Waals surface area contributed by atoms with Gasteiger partial charge in [0.1, 0.15) is 36.3 Å². The number of cyclic esters (lactones) is 1. The van der Waals surface area contributed by atoms with E-state index in [9.17, 15) is 45.2 Å². The monoisotopic (exact) mass is 964 g/mol. The molecule has 0 saturated carbocycles. The Morgan fingerprint density at radius 1 is 0.985 bits per heavy atom. The van der Waals surface area contributed by atoms with Gasteiger partial charge >= 0.3 is 11.7 Å². The molecule has 18 atom stereocenters. The molecule has 3 aliphatic heterocycles. The Hall–Kier alpha value is -3.70. The molecule has 1 aromatic carbocycles. The van der Waals surface area contributed by atoms with Crippen molar-refractivity contribution < 1.29 is 68.5 Å². The van der Waals surface area contributed by atoms with E-state index in [-0.39, 0.29) is 37.3 Å². The number of aliphatic hydroxyl groups excluding tert-OH is 3. The highest BCUT2D eigenvalue weighted by atomic mass is 16.7. The van der Waals surface area contributed by atoms with E-state index in [2.05, 4.69) is 10.3 Å². The summed E-state index contributed by atoms with van der Waals surface area (Å²) in [4.78, 5) is 41.4. The Labute approximate surface area is 399 Å². The number of methoxy groups -OCH3 is 1. The van der Waals surface area contributed by atoms with Gasteiger partial charge in [0.2, 0.25) is 0 Å². The molecule has 0 radical (unpaired) electrons. The van der Waals surface area contributed by atoms with E-state index >= 15 is 0 Å². The van der Waals surface area contributed by atoms with Crippen LogP contribution in [0.5, 0.6) is 5.75 Å². The number of Topliss-reactive ketones (excluding diaryl/α,β-unsaturated/α-hetero) is 1. The van der Waals surface area contributed by atoms with Gasteiger partial charge in [0.15, 0.2) is 12.0 Å². The van der Waals surface area contributed by atoms with E-state index in [0.29, 0.717) is 31.6 Å². The lowest BCUT2D eigenvalue weighted by Crippen LogP contribution is -2.62. The molecule has 384 valence electrons. The topological polar surface area (TPSA) is 268 Å². The SMILES string of the molecule is CC[C@H]1OC(=O)[C@H](C)[C@@H](C2C[C@@](C)(OC)[C@@H](O)[C@H](C)O2)[C@H](C)[C@@H](O[C@@H]2O[C@H](C)C[C@H](N(C)CCc3cn(CCOc4ccccc4[N+](=O)[O-])nn3)[C@H]2O)[C@](C)(O)C[C@@H](C)C(=O)[C@H](C)[C@@H](O)[C@]1(C)O. The van der Waals surface area contributed by atoms with Crippen LogP contribution < -0.4 is 4.74 Å². The molecule has 0 aliphatic carbocycles. The van der Waals surface area contributed by atoms with Crippen molar-refractivity contribution in [3.8, 4) is 5.75 Å². The molecule has 3 fully saturated rings. The molecule has 5 rings (SSSR count). The zero-order valence-corrected chi connectivity index (χ0v) is 41.8. The number of rotatable bonds is 14. The Kier molecular flexibility index (Phi) is 18.3. The van der Waals surface area contributed by atoms with Crippen LogP contribution in [-0.2, 0) is 46.2 Å². The van der Waals surface area contributed by atoms with Crippen molar-refractivity contribution in [1.82, 2.24) is 19.9 Å². The lowest BCUT2D eigenvalue weighted by atomic mass is 9.67. The van der Waals surface area contributed by atoms with E-state index in [1.165, 1.54) is 40.0 Å². The van der Waals surface area contributed by atoms with Crippen molar-refractivity contribution in [1.29, 1.82) is 0 Å². The minimum atomic E-state index is -2.02. The number of benzene rings is 1. The van der Waals surface area contributed by atoms with E-state index in [1.54, 1.807) is 57.6 Å². The third kappa shape index (κ3) is 12.2. The first kappa shape index (κ1) is 55.2. The molecule has 20 heteroatoms. The molecule has 1 aromatic heterocycles. The second-order valence-corrected chi connectivity index (χ2v) is 20.4. The Balaban J connectivity index is 1.42. The summed E-state index contributed by atoms with van der Waals surface area (Å²) in [6.45, 7) is 17.4. The maximum absolute atomic E-state index is 14.5. The van der Waals surface area contributed by atoms with Crippen LogP contribution in [0.2, 0.25) is 0 Å². The van der Waals surface area contributed by atoms with Gasteiger partial charge in [-0.15, -0.1) is 5.10 Å². The van der Waals surface area contributed by atoms with Gasteiger partial charge in [0, 0.05) is 62.6 Å². The van der Waals surface area contributed by atoms with Gasteiger partial charge in [-0.05, 0) is 72.9 Å². The average Bonchev–Trinajstić information content (AvgIpc) is 3.75. The average molecular weight is 964 g/mol. The molecule has 0 bridgehead atoms. The predicted molar refractivity (Wildman–Crippen MR) is 246 cm³/mol. The number of aromatic nitrogens is 3. The minimum absolute atomic E-state index is 0.121. The Morgan fingerprint density at radius 2 is 1.66 bits per heavy atom. The quantitative estimate of drug-likeness (QED) is 0.103. The van der Waals surface area contributed by atoms with Crippen molar-refractivity contribution in [2.45, 2.75) is 186 Å². The van der Waals surface area contributed by atoms with Crippen LogP contribution in [-0.4, -0.2) is 167 Å². The largest absolute Gasteiger partial charge is 0.485 e. The summed E-state index contributed by atoms with van der Waals surface area (Å²) >= 11 is 0. The highest BCUT2D eigenvalue weighted by molar-refractivity contribution is 5.83. The van der Waals surface area contributed by atoms with Crippen molar-refractivity contribution >= 4 is 17.4 Å². The number of ether oxygens (including phenoxy) is 6. The zero-order chi connectivity index (χ0) is 50.6. The molecule has 68 heavy (non-hydrogen) atoms. The first-order valence-electron chi connectivity index (χ1n) is 24.0. The summed E-state index contributed by atoms with van der Waals surface area (Å²) in [5.41, 5.74) is -4.43. The van der Waals surface area contributed by atoms with Crippen LogP contribution in [0.15, 0.2) is 30.5 Å². The number of hydrogen-bond donors (Lipinski definition) is 5. The van der Waals surface area contributed by atoms with Gasteiger partial charge in [-0.3, -0.25) is 19.7 Å². The highest BCUT2D eigenvalue weighted by Gasteiger charge is 2.55. The van der Waals surface area contributed by atoms with Gasteiger partial charge in [-0.25, -0.2) is 4.68 Å². The second kappa shape index (κ2) is 22.6. The van der Waals surface area contributed by atoms with Crippen LogP contribution in [0.3, 0.4) is 0 Å². The van der Waals surface area contributed by atoms with Gasteiger partial charge in [0.05, 0.1) is 64.8 Å². The molecular weight excluding hydrogens is 887 g/mol. The standard InChI is InChI=1S/C48H77N5O15/c1-13-37-48(10,60)41(56)30(6)39(54)26(2)23-46(8,59)43(28(4)38(29(5)44(58)67-37)36-24-47(9,63-12)42(57)31(7)66-36)68-45-40(55)34(22-27(3)65-45)51(11)19-18-32-25-52(50-49-32)20-21-64-35-17-15-14-16-33(35)53(61)62/h14-17,25-31,34,36-38,40-43,45,55-57,59-60H,13,18-24H2,1-12H3/t26-,27-,28+,29-,30+,31+,34+,36?,37-,38+,40-,41-,42+,43-,45+,46-,47-,48-/m1/s1. The summed E-state index contributed by atoms with van der Waals surface area (Å²) in [7, 11) is 3.36. The summed E-state index contributed by atoms with van der Waals surface area (Å²) in [5, 5.41) is 79.3. The molecule has 0 amide bonds. The van der Waals surface area contributed by atoms with Gasteiger partial charge in [-0.2, -0.15) is 0 Å². The second-order valence-electron chi connectivity index (χ2n) is 20.4. The van der Waals surface area contributed by atoms with E-state index < -0.39 is 124 Å². The normalized spacial score (nSPS) is 40.1. The van der Waals surface area contributed by atoms with Gasteiger partial charge < -0.3 is 58.9 Å². The van der Waals surface area contributed by atoms with Crippen molar-refractivity contribution in [2.75, 3.05) is 27.3 Å². The Morgan fingerprint density at radius 3 is 2.31 bits per heavy atom. The van der Waals surface area contributed by atoms with Crippen LogP contribution in [0.4, 0.5) is 5.69 Å².